The van der Waals surface area contributed by atoms with Crippen molar-refractivity contribution in [3.63, 3.8) is 0 Å². The Bertz CT molecular complexity index is 865. The van der Waals surface area contributed by atoms with Gasteiger partial charge in [-0.2, -0.15) is 0 Å². The van der Waals surface area contributed by atoms with E-state index in [1.807, 2.05) is 54.6 Å². The monoisotopic (exact) mass is 330 g/mol. The number of benzene rings is 3. The average molecular weight is 330 g/mol. The Hall–Kier alpha value is -3.33. The van der Waals surface area contributed by atoms with Gasteiger partial charge in [-0.15, -0.1) is 0 Å². The van der Waals surface area contributed by atoms with Crippen molar-refractivity contribution in [2.45, 2.75) is 6.61 Å². The van der Waals surface area contributed by atoms with Crippen LogP contribution >= 0.6 is 0 Å². The lowest BCUT2D eigenvalue weighted by Gasteiger charge is -2.06. The Morgan fingerprint density at radius 2 is 1.56 bits per heavy atom. The van der Waals surface area contributed by atoms with Crippen molar-refractivity contribution in [1.29, 1.82) is 0 Å². The molecule has 3 nitrogen and oxygen atoms in total. The topological polar surface area (TPSA) is 46.5 Å². The van der Waals surface area contributed by atoms with E-state index in [2.05, 4.69) is 0 Å². The van der Waals surface area contributed by atoms with E-state index in [4.69, 9.17) is 4.74 Å². The summed E-state index contributed by atoms with van der Waals surface area (Å²) in [4.78, 5) is 12.1. The molecule has 0 atom stereocenters. The summed E-state index contributed by atoms with van der Waals surface area (Å²) in [6, 6.07) is 24.0. The minimum absolute atomic E-state index is 0.00874. The minimum Gasteiger partial charge on any atom is -0.507 e. The predicted molar refractivity (Wildman–Crippen MR) is 98.7 cm³/mol. The molecule has 0 saturated heterocycles. The lowest BCUT2D eigenvalue weighted by molar-refractivity contribution is 0.104. The fraction of sp³-hybridized carbons (Fsp3) is 0.0455. The second-order valence-electron chi connectivity index (χ2n) is 5.56. The molecule has 0 heterocycles. The minimum atomic E-state index is -0.227. The van der Waals surface area contributed by atoms with E-state index in [1.165, 1.54) is 12.1 Å². The Morgan fingerprint density at radius 3 is 2.28 bits per heavy atom. The van der Waals surface area contributed by atoms with Gasteiger partial charge in [0.25, 0.3) is 0 Å². The van der Waals surface area contributed by atoms with Gasteiger partial charge in [0.15, 0.2) is 5.78 Å². The van der Waals surface area contributed by atoms with Gasteiger partial charge in [0.1, 0.15) is 18.1 Å². The number of phenols is 1. The predicted octanol–water partition coefficient (Wildman–Crippen LogP) is 4.87. The summed E-state index contributed by atoms with van der Waals surface area (Å²) in [5.41, 5.74) is 2.26. The number of hydrogen-bond donors (Lipinski definition) is 1. The largest absolute Gasteiger partial charge is 0.507 e. The number of allylic oxidation sites excluding steroid dienone is 1. The maximum atomic E-state index is 12.1. The number of ether oxygens (including phenoxy) is 1. The summed E-state index contributed by atoms with van der Waals surface area (Å²) < 4.78 is 5.70. The summed E-state index contributed by atoms with van der Waals surface area (Å²) in [5, 5.41) is 9.70. The van der Waals surface area contributed by atoms with Crippen LogP contribution in [0.15, 0.2) is 84.9 Å². The maximum absolute atomic E-state index is 12.1. The first-order valence-electron chi connectivity index (χ1n) is 7.99. The van der Waals surface area contributed by atoms with Gasteiger partial charge in [0.2, 0.25) is 0 Å². The molecule has 0 aromatic heterocycles. The van der Waals surface area contributed by atoms with E-state index in [9.17, 15) is 9.90 Å². The normalized spacial score (nSPS) is 10.7. The van der Waals surface area contributed by atoms with Crippen molar-refractivity contribution < 1.29 is 14.6 Å². The first-order valence-corrected chi connectivity index (χ1v) is 7.99. The molecule has 3 heteroatoms. The van der Waals surface area contributed by atoms with E-state index < -0.39 is 0 Å². The fourth-order valence-corrected chi connectivity index (χ4v) is 2.35. The number of ketones is 1. The Labute approximate surface area is 146 Å². The molecule has 25 heavy (non-hydrogen) atoms. The Kier molecular flexibility index (Phi) is 5.27. The van der Waals surface area contributed by atoms with Crippen LogP contribution in [0, 0.1) is 0 Å². The standard InChI is InChI=1S/C22H18O3/c23-21-9-5-4-8-20(21)22(24)15-14-17-10-12-18(13-11-17)16-25-19-6-2-1-3-7-19/h1-15,23H,16H2/b15-14+. The molecule has 0 bridgehead atoms. The van der Waals surface area contributed by atoms with Crippen molar-refractivity contribution >= 4 is 11.9 Å². The van der Waals surface area contributed by atoms with Crippen LogP contribution in [0.2, 0.25) is 0 Å². The first kappa shape index (κ1) is 16.5. The second kappa shape index (κ2) is 7.97. The molecular weight excluding hydrogens is 312 g/mol. The maximum Gasteiger partial charge on any atom is 0.189 e. The van der Waals surface area contributed by atoms with Crippen LogP contribution in [0.3, 0.4) is 0 Å². The highest BCUT2D eigenvalue weighted by Gasteiger charge is 2.06. The van der Waals surface area contributed by atoms with Gasteiger partial charge in [-0.05, 0) is 41.5 Å². The molecule has 3 rings (SSSR count). The SMILES string of the molecule is O=C(/C=C/c1ccc(COc2ccccc2)cc1)c1ccccc1O. The Morgan fingerprint density at radius 1 is 0.880 bits per heavy atom. The van der Waals surface area contributed by atoms with Gasteiger partial charge >= 0.3 is 0 Å². The van der Waals surface area contributed by atoms with E-state index in [1.54, 1.807) is 24.3 Å². The highest BCUT2D eigenvalue weighted by atomic mass is 16.5. The number of hydrogen-bond acceptors (Lipinski definition) is 3. The highest BCUT2D eigenvalue weighted by molar-refractivity contribution is 6.08. The number of carbonyl (C=O) groups is 1. The van der Waals surface area contributed by atoms with Crippen LogP contribution in [0.1, 0.15) is 21.5 Å². The molecule has 1 N–H and O–H groups in total. The van der Waals surface area contributed by atoms with E-state index >= 15 is 0 Å². The van der Waals surface area contributed by atoms with Crippen LogP contribution in [0.25, 0.3) is 6.08 Å². The summed E-state index contributed by atoms with van der Waals surface area (Å²) >= 11 is 0. The van der Waals surface area contributed by atoms with Gasteiger partial charge in [-0.1, -0.05) is 60.7 Å². The van der Waals surface area contributed by atoms with Gasteiger partial charge < -0.3 is 9.84 Å². The fourth-order valence-electron chi connectivity index (χ4n) is 2.35. The van der Waals surface area contributed by atoms with Gasteiger partial charge in [-0.25, -0.2) is 0 Å². The molecule has 0 spiro atoms. The number of rotatable bonds is 6. The van der Waals surface area contributed by atoms with E-state index in [-0.39, 0.29) is 11.5 Å². The zero-order chi connectivity index (χ0) is 17.5. The second-order valence-corrected chi connectivity index (χ2v) is 5.56. The third-order valence-electron chi connectivity index (χ3n) is 3.73. The van der Waals surface area contributed by atoms with Crippen molar-refractivity contribution in [3.05, 3.63) is 102 Å². The number of aromatic hydroxyl groups is 1. The van der Waals surface area contributed by atoms with Gasteiger partial charge in [-0.3, -0.25) is 4.79 Å². The zero-order valence-corrected chi connectivity index (χ0v) is 13.6. The number of carbonyl (C=O) groups excluding carboxylic acids is 1. The van der Waals surface area contributed by atoms with Crippen LogP contribution in [0.5, 0.6) is 11.5 Å². The molecule has 3 aromatic carbocycles. The summed E-state index contributed by atoms with van der Waals surface area (Å²) in [5.74, 6) is 0.597. The van der Waals surface area contributed by atoms with E-state index in [0.29, 0.717) is 12.2 Å². The van der Waals surface area contributed by atoms with Crippen LogP contribution in [-0.4, -0.2) is 10.9 Å². The lowest BCUT2D eigenvalue weighted by atomic mass is 10.1. The van der Waals surface area contributed by atoms with Crippen LogP contribution in [-0.2, 0) is 6.61 Å². The summed E-state index contributed by atoms with van der Waals surface area (Å²) in [6.07, 6.45) is 3.20. The highest BCUT2D eigenvalue weighted by Crippen LogP contribution is 2.17. The van der Waals surface area contributed by atoms with Gasteiger partial charge in [0, 0.05) is 0 Å². The lowest BCUT2D eigenvalue weighted by Crippen LogP contribution is -1.95. The number of phenolic OH excluding ortho intramolecular Hbond substituents is 1. The zero-order valence-electron chi connectivity index (χ0n) is 13.6. The molecule has 0 fully saturated rings. The summed E-state index contributed by atoms with van der Waals surface area (Å²) in [6.45, 7) is 0.491. The first-order chi connectivity index (χ1) is 12.2. The smallest absolute Gasteiger partial charge is 0.189 e. The van der Waals surface area contributed by atoms with Crippen molar-refractivity contribution in [1.82, 2.24) is 0 Å². The van der Waals surface area contributed by atoms with Crippen molar-refractivity contribution in [3.8, 4) is 11.5 Å². The van der Waals surface area contributed by atoms with Crippen molar-refractivity contribution in [2.24, 2.45) is 0 Å². The van der Waals surface area contributed by atoms with Gasteiger partial charge in [0.05, 0.1) is 5.56 Å². The third-order valence-corrected chi connectivity index (χ3v) is 3.73. The molecule has 0 aliphatic rings. The molecule has 0 saturated carbocycles. The summed E-state index contributed by atoms with van der Waals surface area (Å²) in [7, 11) is 0. The quantitative estimate of drug-likeness (QED) is 0.518. The van der Waals surface area contributed by atoms with Crippen molar-refractivity contribution in [2.75, 3.05) is 0 Å². The molecule has 0 radical (unpaired) electrons. The molecule has 0 unspecified atom stereocenters. The molecule has 3 aromatic rings. The number of para-hydroxylation sites is 2. The third kappa shape index (κ3) is 4.58. The molecule has 124 valence electrons. The molecule has 0 aliphatic heterocycles. The molecule has 0 amide bonds. The van der Waals surface area contributed by atoms with E-state index in [0.717, 1.165) is 16.9 Å². The molecular formula is C22H18O3. The average Bonchev–Trinajstić information content (AvgIpc) is 2.66. The van der Waals surface area contributed by atoms with Crippen LogP contribution < -0.4 is 4.74 Å². The van der Waals surface area contributed by atoms with Crippen LogP contribution in [0.4, 0.5) is 0 Å². The molecule has 0 aliphatic carbocycles. The Balaban J connectivity index is 1.60.